The number of nitrogens with zero attached hydrogens (tertiary/aromatic N) is 2. The Bertz CT molecular complexity index is 338. The molecule has 0 unspecified atom stereocenters. The van der Waals surface area contributed by atoms with Crippen LogP contribution in [0.1, 0.15) is 5.69 Å². The summed E-state index contributed by atoms with van der Waals surface area (Å²) in [5.74, 6) is 0. The minimum Gasteiger partial charge on any atom is -0.293 e. The number of aromatic nitrogens is 2. The minimum atomic E-state index is 0.892. The Kier molecular flexibility index (Phi) is 1.50. The van der Waals surface area contributed by atoms with Crippen molar-refractivity contribution in [3.63, 3.8) is 0 Å². The third-order valence-electron chi connectivity index (χ3n) is 1.37. The molecule has 0 aliphatic carbocycles. The second kappa shape index (κ2) is 2.36. The third kappa shape index (κ3) is 0.793. The van der Waals surface area contributed by atoms with Crippen molar-refractivity contribution in [2.45, 2.75) is 5.33 Å². The molecule has 52 valence electrons. The summed E-state index contributed by atoms with van der Waals surface area (Å²) >= 11 is 5.12. The highest BCUT2D eigenvalue weighted by atomic mass is 79.9. The molecule has 0 aromatic carbocycles. The van der Waals surface area contributed by atoms with Gasteiger partial charge in [-0.1, -0.05) is 15.9 Å². The van der Waals surface area contributed by atoms with Crippen LogP contribution >= 0.6 is 27.3 Å². The molecule has 2 aromatic heterocycles. The van der Waals surface area contributed by atoms with E-state index in [4.69, 9.17) is 0 Å². The highest BCUT2D eigenvalue weighted by Gasteiger charge is 1.99. The number of alkyl halides is 1. The zero-order valence-corrected chi connectivity index (χ0v) is 7.52. The molecule has 0 N–H and O–H groups in total. The number of halogens is 1. The van der Waals surface area contributed by atoms with Gasteiger partial charge in [-0.15, -0.1) is 11.3 Å². The molecule has 0 aliphatic heterocycles. The summed E-state index contributed by atoms with van der Waals surface area (Å²) in [7, 11) is 0. The van der Waals surface area contributed by atoms with Crippen molar-refractivity contribution in [2.24, 2.45) is 0 Å². The summed E-state index contributed by atoms with van der Waals surface area (Å²) in [6.45, 7) is 0. The van der Waals surface area contributed by atoms with Crippen LogP contribution in [0.2, 0.25) is 0 Å². The van der Waals surface area contributed by atoms with E-state index in [9.17, 15) is 0 Å². The van der Waals surface area contributed by atoms with E-state index in [1.807, 2.05) is 12.5 Å². The average Bonchev–Trinajstić information content (AvgIpc) is 2.44. The number of rotatable bonds is 1. The first-order chi connectivity index (χ1) is 4.92. The van der Waals surface area contributed by atoms with Gasteiger partial charge in [-0.05, 0) is 0 Å². The quantitative estimate of drug-likeness (QED) is 0.670. The highest BCUT2D eigenvalue weighted by molar-refractivity contribution is 9.08. The highest BCUT2D eigenvalue weighted by Crippen LogP contribution is 2.17. The Morgan fingerprint density at radius 3 is 3.40 bits per heavy atom. The molecule has 0 saturated heterocycles. The van der Waals surface area contributed by atoms with E-state index in [0.29, 0.717) is 0 Å². The molecule has 0 atom stereocenters. The zero-order valence-electron chi connectivity index (χ0n) is 5.12. The van der Waals surface area contributed by atoms with E-state index >= 15 is 0 Å². The average molecular weight is 217 g/mol. The lowest BCUT2D eigenvalue weighted by atomic mass is 10.6. The molecule has 0 aliphatic rings. The van der Waals surface area contributed by atoms with Crippen molar-refractivity contribution in [3.05, 3.63) is 23.6 Å². The Morgan fingerprint density at radius 2 is 2.60 bits per heavy atom. The number of imidazole rings is 1. The van der Waals surface area contributed by atoms with Crippen LogP contribution in [0.5, 0.6) is 0 Å². The van der Waals surface area contributed by atoms with Gasteiger partial charge < -0.3 is 0 Å². The molecule has 0 saturated carbocycles. The lowest BCUT2D eigenvalue weighted by Gasteiger charge is -1.87. The largest absolute Gasteiger partial charge is 0.293 e. The van der Waals surface area contributed by atoms with Gasteiger partial charge in [0.15, 0.2) is 0 Å². The molecule has 0 fully saturated rings. The molecule has 2 aromatic rings. The summed E-state index contributed by atoms with van der Waals surface area (Å²) in [6.07, 6.45) is 3.71. The molecule has 4 heteroatoms. The van der Waals surface area contributed by atoms with Crippen LogP contribution in [0.15, 0.2) is 17.9 Å². The van der Waals surface area contributed by atoms with Gasteiger partial charge in [0.2, 0.25) is 0 Å². The summed E-state index contributed by atoms with van der Waals surface area (Å²) in [5.41, 5.74) is 1.26. The van der Waals surface area contributed by atoms with Crippen molar-refractivity contribution >= 4 is 32.1 Å². The van der Waals surface area contributed by atoms with Gasteiger partial charge in [0, 0.05) is 16.4 Å². The van der Waals surface area contributed by atoms with Crippen molar-refractivity contribution in [1.29, 1.82) is 0 Å². The van der Waals surface area contributed by atoms with Crippen molar-refractivity contribution in [2.75, 3.05) is 0 Å². The summed E-state index contributed by atoms with van der Waals surface area (Å²) in [4.78, 5) is 5.23. The molecule has 10 heavy (non-hydrogen) atoms. The van der Waals surface area contributed by atoms with E-state index < -0.39 is 0 Å². The lowest BCUT2D eigenvalue weighted by molar-refractivity contribution is 1.09. The normalized spacial score (nSPS) is 10.9. The molecule has 2 nitrogen and oxygen atoms in total. The molecule has 0 radical (unpaired) electrons. The van der Waals surface area contributed by atoms with Crippen molar-refractivity contribution in [3.8, 4) is 0 Å². The zero-order chi connectivity index (χ0) is 6.97. The first-order valence-corrected chi connectivity index (χ1v) is 4.86. The monoisotopic (exact) mass is 216 g/mol. The number of hydrogen-bond acceptors (Lipinski definition) is 2. The SMILES string of the molecule is BrCc1csc2cncn12. The predicted octanol–water partition coefficient (Wildman–Crippen LogP) is 2.29. The topological polar surface area (TPSA) is 17.3 Å². The van der Waals surface area contributed by atoms with Crippen LogP contribution in [0.4, 0.5) is 0 Å². The smallest absolute Gasteiger partial charge is 0.119 e. The van der Waals surface area contributed by atoms with E-state index in [1.165, 1.54) is 10.5 Å². The van der Waals surface area contributed by atoms with Gasteiger partial charge in [0.05, 0.1) is 6.20 Å². The van der Waals surface area contributed by atoms with Crippen LogP contribution in [0.3, 0.4) is 0 Å². The van der Waals surface area contributed by atoms with Crippen LogP contribution in [-0.2, 0) is 5.33 Å². The molecule has 0 amide bonds. The maximum absolute atomic E-state index is 4.02. The standard InChI is InChI=1S/C6H5BrN2S/c7-1-5-3-10-6-2-8-4-9(5)6/h2-4H,1H2. The lowest BCUT2D eigenvalue weighted by Crippen LogP contribution is -1.82. The molecular weight excluding hydrogens is 212 g/mol. The van der Waals surface area contributed by atoms with Gasteiger partial charge >= 0.3 is 0 Å². The Morgan fingerprint density at radius 1 is 1.70 bits per heavy atom. The molecular formula is C6H5BrN2S. The van der Waals surface area contributed by atoms with Crippen molar-refractivity contribution < 1.29 is 0 Å². The summed E-state index contributed by atoms with van der Waals surface area (Å²) < 4.78 is 2.08. The van der Waals surface area contributed by atoms with E-state index in [0.717, 1.165) is 5.33 Å². The number of hydrogen-bond donors (Lipinski definition) is 0. The van der Waals surface area contributed by atoms with Gasteiger partial charge in [0.1, 0.15) is 11.2 Å². The van der Waals surface area contributed by atoms with Gasteiger partial charge in [0.25, 0.3) is 0 Å². The number of thiazole rings is 1. The molecule has 2 heterocycles. The van der Waals surface area contributed by atoms with Gasteiger partial charge in [-0.2, -0.15) is 0 Å². The van der Waals surface area contributed by atoms with E-state index in [2.05, 4.69) is 30.7 Å². The maximum atomic E-state index is 4.02. The second-order valence-electron chi connectivity index (χ2n) is 1.96. The van der Waals surface area contributed by atoms with E-state index in [-0.39, 0.29) is 0 Å². The van der Waals surface area contributed by atoms with Gasteiger partial charge in [-0.3, -0.25) is 4.40 Å². The van der Waals surface area contributed by atoms with Crippen LogP contribution < -0.4 is 0 Å². The molecule has 0 spiro atoms. The van der Waals surface area contributed by atoms with Crippen LogP contribution in [0, 0.1) is 0 Å². The molecule has 0 bridgehead atoms. The fourth-order valence-electron chi connectivity index (χ4n) is 0.867. The summed E-state index contributed by atoms with van der Waals surface area (Å²) in [5, 5.41) is 3.02. The van der Waals surface area contributed by atoms with Gasteiger partial charge in [-0.25, -0.2) is 4.98 Å². The third-order valence-corrected chi connectivity index (χ3v) is 2.87. The first kappa shape index (κ1) is 6.37. The van der Waals surface area contributed by atoms with Crippen LogP contribution in [-0.4, -0.2) is 9.38 Å². The Hall–Kier alpha value is -0.350. The summed E-state index contributed by atoms with van der Waals surface area (Å²) in [6, 6.07) is 0. The molecule has 2 rings (SSSR count). The van der Waals surface area contributed by atoms with Crippen molar-refractivity contribution in [1.82, 2.24) is 9.38 Å². The van der Waals surface area contributed by atoms with E-state index in [1.54, 1.807) is 11.3 Å². The fourth-order valence-corrected chi connectivity index (χ4v) is 2.37. The Labute approximate surface area is 70.6 Å². The maximum Gasteiger partial charge on any atom is 0.119 e. The fraction of sp³-hybridized carbons (Fsp3) is 0.167. The minimum absolute atomic E-state index is 0.892. The van der Waals surface area contributed by atoms with Crippen LogP contribution in [0.25, 0.3) is 4.83 Å². The first-order valence-electron chi connectivity index (χ1n) is 2.86. The second-order valence-corrected chi connectivity index (χ2v) is 3.41. The number of fused-ring (bicyclic) bond motifs is 1. The Balaban J connectivity index is 2.76. The predicted molar refractivity (Wildman–Crippen MR) is 45.7 cm³/mol.